The van der Waals surface area contributed by atoms with Crippen LogP contribution >= 0.6 is 23.7 Å². The van der Waals surface area contributed by atoms with Crippen molar-refractivity contribution in [2.24, 2.45) is 0 Å². The first-order chi connectivity index (χ1) is 8.88. The van der Waals surface area contributed by atoms with Crippen LogP contribution in [0.3, 0.4) is 0 Å². The van der Waals surface area contributed by atoms with Gasteiger partial charge in [-0.3, -0.25) is 0 Å². The van der Waals surface area contributed by atoms with E-state index in [9.17, 15) is 0 Å². The van der Waals surface area contributed by atoms with E-state index in [0.717, 1.165) is 18.1 Å². The Labute approximate surface area is 123 Å². The molecule has 0 saturated carbocycles. The molecule has 5 heteroatoms. The molecule has 104 valence electrons. The maximum absolute atomic E-state index is 5.57. The van der Waals surface area contributed by atoms with Crippen molar-refractivity contribution in [3.8, 4) is 0 Å². The van der Waals surface area contributed by atoms with Gasteiger partial charge in [0.2, 0.25) is 0 Å². The van der Waals surface area contributed by atoms with Gasteiger partial charge in [0.05, 0.1) is 13.2 Å². The molecular formula is C14H18ClNO2S. The van der Waals surface area contributed by atoms with Crippen LogP contribution < -0.4 is 5.32 Å². The predicted molar refractivity (Wildman–Crippen MR) is 81.7 cm³/mol. The number of thiophene rings is 1. The molecule has 0 atom stereocenters. The monoisotopic (exact) mass is 299 g/mol. The van der Waals surface area contributed by atoms with Gasteiger partial charge in [0.25, 0.3) is 0 Å². The van der Waals surface area contributed by atoms with Crippen LogP contribution in [-0.2, 0) is 17.9 Å². The number of nitrogens with one attached hydrogen (secondary N) is 1. The minimum Gasteiger partial charge on any atom is -0.462 e. The summed E-state index contributed by atoms with van der Waals surface area (Å²) in [5.74, 6) is 1.80. The maximum atomic E-state index is 5.57. The Morgan fingerprint density at radius 3 is 2.89 bits per heavy atom. The zero-order valence-electron chi connectivity index (χ0n) is 10.8. The molecule has 2 aromatic heterocycles. The first kappa shape index (κ1) is 16.0. The predicted octanol–water partition coefficient (Wildman–Crippen LogP) is 3.71. The summed E-state index contributed by atoms with van der Waals surface area (Å²) in [5.41, 5.74) is 1.22. The summed E-state index contributed by atoms with van der Waals surface area (Å²) in [5, 5.41) is 7.21. The van der Waals surface area contributed by atoms with E-state index in [1.165, 1.54) is 5.56 Å². The second-order valence-electron chi connectivity index (χ2n) is 3.87. The topological polar surface area (TPSA) is 34.4 Å². The maximum Gasteiger partial charge on any atom is 0.129 e. The van der Waals surface area contributed by atoms with E-state index in [1.54, 1.807) is 11.3 Å². The van der Waals surface area contributed by atoms with Gasteiger partial charge in [0, 0.05) is 0 Å². The Kier molecular flexibility index (Phi) is 7.52. The minimum absolute atomic E-state index is 0. The van der Waals surface area contributed by atoms with Crippen molar-refractivity contribution in [2.75, 3.05) is 13.7 Å². The van der Waals surface area contributed by atoms with Crippen molar-refractivity contribution in [1.82, 2.24) is 5.32 Å². The Morgan fingerprint density at radius 1 is 1.32 bits per heavy atom. The van der Waals surface area contributed by atoms with Crippen molar-refractivity contribution >= 4 is 29.8 Å². The van der Waals surface area contributed by atoms with E-state index in [-0.39, 0.29) is 12.4 Å². The number of ether oxygens (including phenoxy) is 1. The number of furan rings is 1. The Bertz CT molecular complexity index is 479. The lowest BCUT2D eigenvalue weighted by atomic mass is 10.3. The van der Waals surface area contributed by atoms with Gasteiger partial charge in [0.1, 0.15) is 18.1 Å². The third-order valence-corrected chi connectivity index (χ3v) is 3.08. The molecule has 3 nitrogen and oxygen atoms in total. The standard InChI is InChI=1S/C14H17NO2S.ClH/c1-15-9-13-4-5-14(17-13)10-16-7-2-3-12-6-8-18-11-12;/h2-6,8,11,15H,7,9-10H2,1H3;1H/b3-2+;. The van der Waals surface area contributed by atoms with Gasteiger partial charge in [-0.05, 0) is 41.6 Å². The molecule has 2 heterocycles. The number of halogens is 1. The molecule has 2 rings (SSSR count). The van der Waals surface area contributed by atoms with E-state index in [0.29, 0.717) is 13.2 Å². The smallest absolute Gasteiger partial charge is 0.129 e. The fourth-order valence-electron chi connectivity index (χ4n) is 1.55. The van der Waals surface area contributed by atoms with Crippen LogP contribution in [0.25, 0.3) is 6.08 Å². The second-order valence-corrected chi connectivity index (χ2v) is 4.65. The van der Waals surface area contributed by atoms with Crippen LogP contribution in [0, 0.1) is 0 Å². The molecule has 0 aliphatic heterocycles. The normalized spacial score (nSPS) is 10.8. The van der Waals surface area contributed by atoms with E-state index in [1.807, 2.05) is 25.3 Å². The summed E-state index contributed by atoms with van der Waals surface area (Å²) in [6.07, 6.45) is 4.07. The quantitative estimate of drug-likeness (QED) is 0.791. The van der Waals surface area contributed by atoms with E-state index in [2.05, 4.69) is 28.2 Å². The second kappa shape index (κ2) is 8.93. The molecular weight excluding hydrogens is 282 g/mol. The van der Waals surface area contributed by atoms with Crippen molar-refractivity contribution < 1.29 is 9.15 Å². The van der Waals surface area contributed by atoms with E-state index in [4.69, 9.17) is 9.15 Å². The van der Waals surface area contributed by atoms with Gasteiger partial charge in [-0.15, -0.1) is 12.4 Å². The third-order valence-electron chi connectivity index (χ3n) is 2.38. The SMILES string of the molecule is CNCc1ccc(COC/C=C/c2ccsc2)o1.Cl. The fraction of sp³-hybridized carbons (Fsp3) is 0.286. The first-order valence-corrected chi connectivity index (χ1v) is 6.81. The molecule has 0 aromatic carbocycles. The highest BCUT2D eigenvalue weighted by atomic mass is 35.5. The summed E-state index contributed by atoms with van der Waals surface area (Å²) in [4.78, 5) is 0. The summed E-state index contributed by atoms with van der Waals surface area (Å²) in [6.45, 7) is 1.85. The summed E-state index contributed by atoms with van der Waals surface area (Å²) in [7, 11) is 1.90. The van der Waals surface area contributed by atoms with Gasteiger partial charge < -0.3 is 14.5 Å². The van der Waals surface area contributed by atoms with Crippen molar-refractivity contribution in [2.45, 2.75) is 13.2 Å². The summed E-state index contributed by atoms with van der Waals surface area (Å²) in [6, 6.07) is 6.00. The molecule has 0 bridgehead atoms. The first-order valence-electron chi connectivity index (χ1n) is 5.87. The van der Waals surface area contributed by atoms with Gasteiger partial charge in [-0.1, -0.05) is 12.2 Å². The molecule has 2 aromatic rings. The van der Waals surface area contributed by atoms with E-state index >= 15 is 0 Å². The molecule has 0 fully saturated rings. The van der Waals surface area contributed by atoms with Crippen LogP contribution in [0.4, 0.5) is 0 Å². The van der Waals surface area contributed by atoms with Crippen LogP contribution in [0.5, 0.6) is 0 Å². The Morgan fingerprint density at radius 2 is 2.16 bits per heavy atom. The van der Waals surface area contributed by atoms with Gasteiger partial charge >= 0.3 is 0 Å². The lowest BCUT2D eigenvalue weighted by molar-refractivity contribution is 0.130. The van der Waals surface area contributed by atoms with Gasteiger partial charge in [-0.25, -0.2) is 0 Å². The van der Waals surface area contributed by atoms with Gasteiger partial charge in [0.15, 0.2) is 0 Å². The zero-order chi connectivity index (χ0) is 12.6. The van der Waals surface area contributed by atoms with E-state index < -0.39 is 0 Å². The Balaban J connectivity index is 0.00000180. The number of hydrogen-bond acceptors (Lipinski definition) is 4. The number of hydrogen-bond donors (Lipinski definition) is 1. The van der Waals surface area contributed by atoms with Gasteiger partial charge in [-0.2, -0.15) is 11.3 Å². The third kappa shape index (κ3) is 5.61. The summed E-state index contributed by atoms with van der Waals surface area (Å²) >= 11 is 1.69. The minimum atomic E-state index is 0. The Hall–Kier alpha value is -1.07. The highest BCUT2D eigenvalue weighted by Crippen LogP contribution is 2.10. The number of rotatable bonds is 7. The average molecular weight is 300 g/mol. The van der Waals surface area contributed by atoms with Crippen LogP contribution in [0.15, 0.2) is 39.5 Å². The highest BCUT2D eigenvalue weighted by molar-refractivity contribution is 7.08. The molecule has 0 amide bonds. The summed E-state index contributed by atoms with van der Waals surface area (Å²) < 4.78 is 11.1. The zero-order valence-corrected chi connectivity index (χ0v) is 12.4. The lowest BCUT2D eigenvalue weighted by Gasteiger charge is -1.98. The largest absolute Gasteiger partial charge is 0.462 e. The molecule has 19 heavy (non-hydrogen) atoms. The fourth-order valence-corrected chi connectivity index (χ4v) is 2.18. The molecule has 0 radical (unpaired) electrons. The molecule has 0 aliphatic rings. The van der Waals surface area contributed by atoms with Crippen LogP contribution in [0.1, 0.15) is 17.1 Å². The van der Waals surface area contributed by atoms with Crippen LogP contribution in [-0.4, -0.2) is 13.7 Å². The molecule has 0 aliphatic carbocycles. The molecule has 0 unspecified atom stereocenters. The van der Waals surface area contributed by atoms with Crippen LogP contribution in [0.2, 0.25) is 0 Å². The van der Waals surface area contributed by atoms with Crippen molar-refractivity contribution in [1.29, 1.82) is 0 Å². The highest BCUT2D eigenvalue weighted by Gasteiger charge is 2.00. The molecule has 1 N–H and O–H groups in total. The lowest BCUT2D eigenvalue weighted by Crippen LogP contribution is -2.03. The van der Waals surface area contributed by atoms with Crippen molar-refractivity contribution in [3.63, 3.8) is 0 Å². The molecule has 0 saturated heterocycles. The average Bonchev–Trinajstić information content (AvgIpc) is 3.01. The molecule has 0 spiro atoms. The van der Waals surface area contributed by atoms with Crippen molar-refractivity contribution in [3.05, 3.63) is 52.1 Å².